The van der Waals surface area contributed by atoms with Crippen LogP contribution in [0, 0.1) is 0 Å². The maximum atomic E-state index is 4.43. The Bertz CT molecular complexity index is 447. The van der Waals surface area contributed by atoms with Crippen LogP contribution < -0.4 is 5.32 Å². The lowest BCUT2D eigenvalue weighted by molar-refractivity contribution is 0.499. The van der Waals surface area contributed by atoms with E-state index in [-0.39, 0.29) is 0 Å². The molecule has 0 saturated heterocycles. The fourth-order valence-electron chi connectivity index (χ4n) is 2.10. The second-order valence-corrected chi connectivity index (χ2v) is 5.37. The molecule has 0 aliphatic heterocycles. The molecule has 0 aromatic carbocycles. The number of rotatable bonds is 7. The van der Waals surface area contributed by atoms with Crippen LogP contribution in [-0.2, 0) is 13.1 Å². The molecule has 2 aromatic rings. The molecule has 1 atom stereocenters. The number of nitrogens with zero attached hydrogens (tertiary/aromatic N) is 2. The summed E-state index contributed by atoms with van der Waals surface area (Å²) in [6.07, 6.45) is 6.20. The lowest BCUT2D eigenvalue weighted by Crippen LogP contribution is -2.21. The van der Waals surface area contributed by atoms with Gasteiger partial charge >= 0.3 is 0 Å². The van der Waals surface area contributed by atoms with E-state index in [0.717, 1.165) is 31.8 Å². The standard InChI is InChI=1S/C14H21N3S/c1-3-8-17-9-7-15-14(17)11-16-12(4-2)13-6-5-10-18-13/h5-7,9-10,12,16H,3-4,8,11H2,1-2H3. The molecule has 3 nitrogen and oxygen atoms in total. The summed E-state index contributed by atoms with van der Waals surface area (Å²) in [5, 5.41) is 5.74. The monoisotopic (exact) mass is 263 g/mol. The van der Waals surface area contributed by atoms with Crippen molar-refractivity contribution in [3.63, 3.8) is 0 Å². The van der Waals surface area contributed by atoms with Crippen molar-refractivity contribution >= 4 is 11.3 Å². The SMILES string of the molecule is CCCn1ccnc1CNC(CC)c1cccs1. The number of nitrogens with one attached hydrogen (secondary N) is 1. The highest BCUT2D eigenvalue weighted by Crippen LogP contribution is 2.21. The first-order valence-electron chi connectivity index (χ1n) is 6.62. The van der Waals surface area contributed by atoms with Gasteiger partial charge < -0.3 is 9.88 Å². The van der Waals surface area contributed by atoms with Crippen molar-refractivity contribution in [2.75, 3.05) is 0 Å². The van der Waals surface area contributed by atoms with E-state index in [1.54, 1.807) is 0 Å². The van der Waals surface area contributed by atoms with Crippen LogP contribution in [0.3, 0.4) is 0 Å². The zero-order valence-electron chi connectivity index (χ0n) is 11.1. The van der Waals surface area contributed by atoms with E-state index in [9.17, 15) is 0 Å². The van der Waals surface area contributed by atoms with Crippen molar-refractivity contribution in [1.82, 2.24) is 14.9 Å². The van der Waals surface area contributed by atoms with Gasteiger partial charge in [-0.05, 0) is 24.3 Å². The van der Waals surface area contributed by atoms with Crippen LogP contribution in [0.25, 0.3) is 0 Å². The van der Waals surface area contributed by atoms with Crippen LogP contribution in [0.4, 0.5) is 0 Å². The normalized spacial score (nSPS) is 12.8. The average molecular weight is 263 g/mol. The number of imidazole rings is 1. The molecule has 1 unspecified atom stereocenters. The molecule has 0 bridgehead atoms. The van der Waals surface area contributed by atoms with Gasteiger partial charge in [-0.15, -0.1) is 11.3 Å². The maximum absolute atomic E-state index is 4.43. The Morgan fingerprint density at radius 2 is 2.33 bits per heavy atom. The van der Waals surface area contributed by atoms with E-state index < -0.39 is 0 Å². The largest absolute Gasteiger partial charge is 0.334 e. The van der Waals surface area contributed by atoms with Crippen LogP contribution in [0.5, 0.6) is 0 Å². The summed E-state index contributed by atoms with van der Waals surface area (Å²) in [4.78, 5) is 5.83. The summed E-state index contributed by atoms with van der Waals surface area (Å²) in [7, 11) is 0. The summed E-state index contributed by atoms with van der Waals surface area (Å²) in [6.45, 7) is 6.30. The zero-order chi connectivity index (χ0) is 12.8. The molecule has 0 fully saturated rings. The molecule has 4 heteroatoms. The van der Waals surface area contributed by atoms with Crippen molar-refractivity contribution in [3.05, 3.63) is 40.6 Å². The molecular formula is C14H21N3S. The van der Waals surface area contributed by atoms with Crippen LogP contribution in [-0.4, -0.2) is 9.55 Å². The summed E-state index contributed by atoms with van der Waals surface area (Å²) in [5.74, 6) is 1.13. The van der Waals surface area contributed by atoms with Gasteiger partial charge in [0, 0.05) is 29.9 Å². The van der Waals surface area contributed by atoms with Crippen molar-refractivity contribution in [1.29, 1.82) is 0 Å². The summed E-state index contributed by atoms with van der Waals surface area (Å²) in [5.41, 5.74) is 0. The van der Waals surface area contributed by atoms with Gasteiger partial charge in [0.25, 0.3) is 0 Å². The molecular weight excluding hydrogens is 242 g/mol. The fourth-order valence-corrected chi connectivity index (χ4v) is 2.99. The molecule has 0 aliphatic carbocycles. The molecule has 0 aliphatic rings. The van der Waals surface area contributed by atoms with Gasteiger partial charge in [0.2, 0.25) is 0 Å². The predicted octanol–water partition coefficient (Wildman–Crippen LogP) is 3.60. The molecule has 18 heavy (non-hydrogen) atoms. The Kier molecular flexibility index (Phi) is 4.96. The Labute approximate surface area is 113 Å². The third-order valence-corrected chi connectivity index (χ3v) is 4.05. The number of thiophene rings is 1. The minimum absolute atomic E-state index is 0.441. The highest BCUT2D eigenvalue weighted by atomic mass is 32.1. The lowest BCUT2D eigenvalue weighted by atomic mass is 10.2. The molecule has 0 amide bonds. The number of hydrogen-bond acceptors (Lipinski definition) is 3. The van der Waals surface area contributed by atoms with Crippen molar-refractivity contribution in [2.45, 2.75) is 45.8 Å². The van der Waals surface area contributed by atoms with E-state index in [2.05, 4.69) is 52.4 Å². The van der Waals surface area contributed by atoms with Gasteiger partial charge in [-0.1, -0.05) is 19.9 Å². The summed E-state index contributed by atoms with van der Waals surface area (Å²) < 4.78 is 2.23. The van der Waals surface area contributed by atoms with Gasteiger partial charge in [0.1, 0.15) is 5.82 Å². The van der Waals surface area contributed by atoms with E-state index in [1.807, 2.05) is 17.5 Å². The Morgan fingerprint density at radius 3 is 3.00 bits per heavy atom. The number of aromatic nitrogens is 2. The quantitative estimate of drug-likeness (QED) is 0.827. The molecule has 2 rings (SSSR count). The van der Waals surface area contributed by atoms with Gasteiger partial charge in [0.15, 0.2) is 0 Å². The minimum Gasteiger partial charge on any atom is -0.334 e. The van der Waals surface area contributed by atoms with Gasteiger partial charge in [-0.25, -0.2) is 4.98 Å². The van der Waals surface area contributed by atoms with Gasteiger partial charge in [-0.3, -0.25) is 0 Å². The number of hydrogen-bond donors (Lipinski definition) is 1. The smallest absolute Gasteiger partial charge is 0.122 e. The first-order valence-corrected chi connectivity index (χ1v) is 7.49. The molecule has 0 saturated carbocycles. The molecule has 98 valence electrons. The van der Waals surface area contributed by atoms with Crippen molar-refractivity contribution in [3.8, 4) is 0 Å². The number of aryl methyl sites for hydroxylation is 1. The molecule has 0 radical (unpaired) electrons. The van der Waals surface area contributed by atoms with Crippen LogP contribution in [0.15, 0.2) is 29.9 Å². The average Bonchev–Trinajstić information content (AvgIpc) is 3.03. The van der Waals surface area contributed by atoms with Crippen molar-refractivity contribution in [2.24, 2.45) is 0 Å². The minimum atomic E-state index is 0.441. The topological polar surface area (TPSA) is 29.9 Å². The highest BCUT2D eigenvalue weighted by Gasteiger charge is 2.11. The first-order chi connectivity index (χ1) is 8.85. The third kappa shape index (κ3) is 3.21. The second-order valence-electron chi connectivity index (χ2n) is 4.39. The first kappa shape index (κ1) is 13.3. The Morgan fingerprint density at radius 1 is 1.44 bits per heavy atom. The van der Waals surface area contributed by atoms with Crippen molar-refractivity contribution < 1.29 is 0 Å². The molecule has 2 heterocycles. The fraction of sp³-hybridized carbons (Fsp3) is 0.500. The van der Waals surface area contributed by atoms with E-state index >= 15 is 0 Å². The summed E-state index contributed by atoms with van der Waals surface area (Å²) >= 11 is 1.82. The predicted molar refractivity (Wildman–Crippen MR) is 76.7 cm³/mol. The highest BCUT2D eigenvalue weighted by molar-refractivity contribution is 7.10. The lowest BCUT2D eigenvalue weighted by Gasteiger charge is -2.15. The molecule has 0 spiro atoms. The summed E-state index contributed by atoms with van der Waals surface area (Å²) in [6, 6.07) is 4.75. The van der Waals surface area contributed by atoms with Gasteiger partial charge in [0.05, 0.1) is 6.54 Å². The van der Waals surface area contributed by atoms with E-state index in [0.29, 0.717) is 6.04 Å². The third-order valence-electron chi connectivity index (χ3n) is 3.07. The molecule has 1 N–H and O–H groups in total. The van der Waals surface area contributed by atoms with E-state index in [1.165, 1.54) is 4.88 Å². The second kappa shape index (κ2) is 6.71. The molecule has 2 aromatic heterocycles. The Balaban J connectivity index is 1.95. The van der Waals surface area contributed by atoms with Gasteiger partial charge in [-0.2, -0.15) is 0 Å². The maximum Gasteiger partial charge on any atom is 0.122 e. The zero-order valence-corrected chi connectivity index (χ0v) is 11.9. The van der Waals surface area contributed by atoms with Crippen LogP contribution >= 0.6 is 11.3 Å². The Hall–Kier alpha value is -1.13. The van der Waals surface area contributed by atoms with E-state index in [4.69, 9.17) is 0 Å². The van der Waals surface area contributed by atoms with Crippen LogP contribution in [0.1, 0.15) is 43.4 Å². The van der Waals surface area contributed by atoms with Crippen LogP contribution in [0.2, 0.25) is 0 Å².